The van der Waals surface area contributed by atoms with E-state index in [1.54, 1.807) is 40.7 Å². The molecule has 0 amide bonds. The fourth-order valence-electron chi connectivity index (χ4n) is 4.19. The molecule has 2 fully saturated rings. The van der Waals surface area contributed by atoms with Crippen LogP contribution >= 0.6 is 0 Å². The molecule has 1 aliphatic heterocycles. The second-order valence-corrected chi connectivity index (χ2v) is 8.52. The maximum atomic E-state index is 12.6. The summed E-state index contributed by atoms with van der Waals surface area (Å²) in [5.41, 5.74) is -0.559. The fourth-order valence-corrected chi connectivity index (χ4v) is 4.19. The third-order valence-electron chi connectivity index (χ3n) is 6.23. The first-order valence-corrected chi connectivity index (χ1v) is 10.2. The van der Waals surface area contributed by atoms with Crippen molar-refractivity contribution in [1.29, 1.82) is 0 Å². The lowest BCUT2D eigenvalue weighted by Gasteiger charge is -2.52. The predicted molar refractivity (Wildman–Crippen MR) is 114 cm³/mol. The smallest absolute Gasteiger partial charge is 0.334 e. The van der Waals surface area contributed by atoms with Crippen LogP contribution in [0.15, 0.2) is 48.6 Å². The number of carbonyl (C=O) groups excluding carboxylic acids is 4. The first-order valence-electron chi connectivity index (χ1n) is 10.2. The Kier molecular flexibility index (Phi) is 7.09. The summed E-state index contributed by atoms with van der Waals surface area (Å²) in [5.74, 6) is -3.86. The number of esters is 3. The normalized spacial score (nSPS) is 32.7. The zero-order chi connectivity index (χ0) is 23.7. The second kappa shape index (κ2) is 9.04. The topological polar surface area (TPSA) is 96.0 Å². The van der Waals surface area contributed by atoms with Gasteiger partial charge in [-0.25, -0.2) is 9.59 Å². The number of carbonyl (C=O) groups is 4. The van der Waals surface area contributed by atoms with Gasteiger partial charge in [-0.1, -0.05) is 46.1 Å². The van der Waals surface area contributed by atoms with Crippen molar-refractivity contribution in [1.82, 2.24) is 0 Å². The Morgan fingerprint density at radius 3 is 2.35 bits per heavy atom. The molecular formula is C24H30O7. The van der Waals surface area contributed by atoms with Crippen LogP contribution in [0.4, 0.5) is 0 Å². The van der Waals surface area contributed by atoms with E-state index in [1.165, 1.54) is 6.08 Å². The highest BCUT2D eigenvalue weighted by Crippen LogP contribution is 2.54. The van der Waals surface area contributed by atoms with Gasteiger partial charge in [0, 0.05) is 22.5 Å². The molecule has 0 radical (unpaired) electrons. The molecule has 0 unspecified atom stereocenters. The molecule has 1 saturated heterocycles. The molecule has 0 aromatic rings. The largest absolute Gasteiger partial charge is 0.458 e. The zero-order valence-corrected chi connectivity index (χ0v) is 18.7. The van der Waals surface area contributed by atoms with Gasteiger partial charge in [0.25, 0.3) is 0 Å². The third-order valence-corrected chi connectivity index (χ3v) is 6.23. The van der Waals surface area contributed by atoms with Gasteiger partial charge in [0.1, 0.15) is 18.5 Å². The molecule has 1 heterocycles. The molecule has 168 valence electrons. The minimum atomic E-state index is -1.12. The van der Waals surface area contributed by atoms with E-state index in [2.05, 4.69) is 19.7 Å². The van der Waals surface area contributed by atoms with Crippen molar-refractivity contribution in [2.75, 3.05) is 0 Å². The third kappa shape index (κ3) is 4.13. The maximum absolute atomic E-state index is 12.6. The van der Waals surface area contributed by atoms with E-state index in [0.29, 0.717) is 11.9 Å². The van der Waals surface area contributed by atoms with Crippen LogP contribution in [-0.2, 0) is 33.4 Å². The summed E-state index contributed by atoms with van der Waals surface area (Å²) in [6, 6.07) is 0. The minimum absolute atomic E-state index is 0.0846. The van der Waals surface area contributed by atoms with E-state index < -0.39 is 59.4 Å². The Bertz CT molecular complexity index is 865. The lowest BCUT2D eigenvalue weighted by atomic mass is 9.57. The fraction of sp³-hybridized carbons (Fsp3) is 0.500. The van der Waals surface area contributed by atoms with Gasteiger partial charge in [0.15, 0.2) is 6.10 Å². The summed E-state index contributed by atoms with van der Waals surface area (Å²) in [6.45, 7) is 19.9. The van der Waals surface area contributed by atoms with Crippen LogP contribution in [-0.4, -0.2) is 42.5 Å². The van der Waals surface area contributed by atoms with Gasteiger partial charge in [0.2, 0.25) is 0 Å². The van der Waals surface area contributed by atoms with Gasteiger partial charge in [0.05, 0.1) is 11.8 Å². The number of aldehydes is 1. The molecule has 31 heavy (non-hydrogen) atoms. The highest BCUT2D eigenvalue weighted by molar-refractivity contribution is 5.92. The predicted octanol–water partition coefficient (Wildman–Crippen LogP) is 3.11. The summed E-state index contributed by atoms with van der Waals surface area (Å²) < 4.78 is 17.1. The Morgan fingerprint density at radius 1 is 1.26 bits per heavy atom. The standard InChI is InChI=1S/C24H30O7/c1-9-13(5)22(27)29-18-16-15(7)23(28)30-19(16)20(31-21(26)12(3)4)24(8,10-2)17(18)14(6)11-25/h9-12,16-20H,2,6-7H2,1,3-5,8H3/b13-9-/t16-,17-,18-,19-,20+,24+/m1/s1. The summed E-state index contributed by atoms with van der Waals surface area (Å²) in [6.07, 6.45) is 0.757. The van der Waals surface area contributed by atoms with Crippen LogP contribution in [0.25, 0.3) is 0 Å². The SMILES string of the molecule is C=C[C@@]1(C)[C@H](C(=C)C=O)[C@H](OC(=O)/C(C)=C\C)[C@H]2C(=C)C(=O)O[C@H]2[C@@H]1OC(=O)C(C)C. The molecule has 7 nitrogen and oxygen atoms in total. The Morgan fingerprint density at radius 2 is 1.87 bits per heavy atom. The van der Waals surface area contributed by atoms with Crippen LogP contribution in [0.3, 0.4) is 0 Å². The number of rotatable bonds is 7. The van der Waals surface area contributed by atoms with Crippen molar-refractivity contribution in [3.8, 4) is 0 Å². The molecule has 6 atom stereocenters. The number of fused-ring (bicyclic) bond motifs is 1. The average molecular weight is 430 g/mol. The van der Waals surface area contributed by atoms with Crippen molar-refractivity contribution in [3.05, 3.63) is 48.6 Å². The van der Waals surface area contributed by atoms with Gasteiger partial charge in [-0.2, -0.15) is 0 Å². The van der Waals surface area contributed by atoms with Gasteiger partial charge < -0.3 is 14.2 Å². The van der Waals surface area contributed by atoms with Crippen LogP contribution in [0, 0.1) is 23.2 Å². The molecule has 2 rings (SSSR count). The van der Waals surface area contributed by atoms with E-state index >= 15 is 0 Å². The molecular weight excluding hydrogens is 400 g/mol. The van der Waals surface area contributed by atoms with Crippen LogP contribution in [0.1, 0.15) is 34.6 Å². The monoisotopic (exact) mass is 430 g/mol. The summed E-state index contributed by atoms with van der Waals surface area (Å²) >= 11 is 0. The van der Waals surface area contributed by atoms with Crippen LogP contribution < -0.4 is 0 Å². The molecule has 2 aliphatic rings. The molecule has 1 aliphatic carbocycles. The highest BCUT2D eigenvalue weighted by Gasteiger charge is 2.65. The number of ether oxygens (including phenoxy) is 3. The quantitative estimate of drug-likeness (QED) is 0.201. The van der Waals surface area contributed by atoms with E-state index in [1.807, 2.05) is 0 Å². The van der Waals surface area contributed by atoms with E-state index in [4.69, 9.17) is 14.2 Å². The highest BCUT2D eigenvalue weighted by atomic mass is 16.6. The van der Waals surface area contributed by atoms with Gasteiger partial charge in [-0.15, -0.1) is 6.58 Å². The minimum Gasteiger partial charge on any atom is -0.458 e. The zero-order valence-electron chi connectivity index (χ0n) is 18.7. The Labute approximate surface area is 182 Å². The Hall–Kier alpha value is -2.96. The molecule has 0 aromatic heterocycles. The van der Waals surface area contributed by atoms with Crippen molar-refractivity contribution in [2.45, 2.75) is 52.9 Å². The molecule has 0 spiro atoms. The molecule has 1 saturated carbocycles. The van der Waals surface area contributed by atoms with Crippen molar-refractivity contribution >= 4 is 24.2 Å². The van der Waals surface area contributed by atoms with Crippen molar-refractivity contribution in [2.24, 2.45) is 23.2 Å². The van der Waals surface area contributed by atoms with E-state index in [9.17, 15) is 19.2 Å². The average Bonchev–Trinajstić information content (AvgIpc) is 3.03. The number of hydrogen-bond acceptors (Lipinski definition) is 7. The van der Waals surface area contributed by atoms with Gasteiger partial charge in [-0.05, 0) is 19.4 Å². The van der Waals surface area contributed by atoms with Crippen LogP contribution in [0.5, 0.6) is 0 Å². The molecule has 0 aromatic carbocycles. The van der Waals surface area contributed by atoms with Crippen molar-refractivity contribution < 1.29 is 33.4 Å². The van der Waals surface area contributed by atoms with Gasteiger partial charge >= 0.3 is 17.9 Å². The van der Waals surface area contributed by atoms with Gasteiger partial charge in [-0.3, -0.25) is 9.59 Å². The second-order valence-electron chi connectivity index (χ2n) is 8.52. The summed E-state index contributed by atoms with van der Waals surface area (Å²) in [7, 11) is 0. The number of hydrogen-bond donors (Lipinski definition) is 0. The Balaban J connectivity index is 2.69. The van der Waals surface area contributed by atoms with Crippen molar-refractivity contribution in [3.63, 3.8) is 0 Å². The number of allylic oxidation sites excluding steroid dienone is 1. The van der Waals surface area contributed by atoms with Crippen LogP contribution in [0.2, 0.25) is 0 Å². The lowest BCUT2D eigenvalue weighted by molar-refractivity contribution is -0.201. The molecule has 0 N–H and O–H groups in total. The molecule has 7 heteroatoms. The summed E-state index contributed by atoms with van der Waals surface area (Å²) in [4.78, 5) is 49.4. The lowest BCUT2D eigenvalue weighted by Crippen LogP contribution is -2.62. The first-order chi connectivity index (χ1) is 14.4. The van der Waals surface area contributed by atoms with E-state index in [-0.39, 0.29) is 11.1 Å². The first kappa shape index (κ1) is 24.3. The molecule has 0 bridgehead atoms. The summed E-state index contributed by atoms with van der Waals surface area (Å²) in [5, 5.41) is 0. The van der Waals surface area contributed by atoms with E-state index in [0.717, 1.165) is 0 Å². The maximum Gasteiger partial charge on any atom is 0.334 e.